The molecule has 0 saturated carbocycles. The summed E-state index contributed by atoms with van der Waals surface area (Å²) in [6.45, 7) is 11.7. The van der Waals surface area contributed by atoms with Gasteiger partial charge < -0.3 is 9.64 Å². The Balaban J connectivity index is 1.14. The van der Waals surface area contributed by atoms with E-state index in [1.807, 2.05) is 11.0 Å². The smallest absolute Gasteiger partial charge is 0.219 e. The SMILES string of the molecule is CC(=O)N1CCN(CCCN2CC3CN(CCCS(=O)(=O)c4ccc(C#N)cc4)CC(C2)O3)CC1. The molecule has 1 aromatic rings. The molecule has 2 bridgehead atoms. The Morgan fingerprint density at radius 1 is 0.914 bits per heavy atom. The molecule has 10 heteroatoms. The third-order valence-corrected chi connectivity index (χ3v) is 9.05. The summed E-state index contributed by atoms with van der Waals surface area (Å²) in [5, 5.41) is 8.89. The average Bonchev–Trinajstić information content (AvgIpc) is 2.84. The minimum Gasteiger partial charge on any atom is -0.370 e. The van der Waals surface area contributed by atoms with Crippen LogP contribution in [0.4, 0.5) is 0 Å². The Morgan fingerprint density at radius 3 is 2.00 bits per heavy atom. The minimum absolute atomic E-state index is 0.110. The van der Waals surface area contributed by atoms with Crippen molar-refractivity contribution in [2.24, 2.45) is 0 Å². The monoisotopic (exact) mass is 503 g/mol. The third-order valence-electron chi connectivity index (χ3n) is 7.23. The van der Waals surface area contributed by atoms with Crippen molar-refractivity contribution in [1.29, 1.82) is 5.26 Å². The summed E-state index contributed by atoms with van der Waals surface area (Å²) in [5.41, 5.74) is 0.463. The molecule has 1 aromatic carbocycles. The molecule has 3 fully saturated rings. The number of ether oxygens (including phenoxy) is 1. The second kappa shape index (κ2) is 11.8. The molecule has 35 heavy (non-hydrogen) atoms. The molecule has 3 heterocycles. The van der Waals surface area contributed by atoms with Gasteiger partial charge in [0.15, 0.2) is 9.84 Å². The number of nitrogens with zero attached hydrogens (tertiary/aromatic N) is 5. The highest BCUT2D eigenvalue weighted by molar-refractivity contribution is 7.91. The summed E-state index contributed by atoms with van der Waals surface area (Å²) in [6.07, 6.45) is 2.06. The normalized spacial score (nSPS) is 24.3. The van der Waals surface area contributed by atoms with Gasteiger partial charge >= 0.3 is 0 Å². The Labute approximate surface area is 209 Å². The van der Waals surface area contributed by atoms with E-state index in [1.165, 1.54) is 12.1 Å². The lowest BCUT2D eigenvalue weighted by molar-refractivity contribution is -0.138. The lowest BCUT2D eigenvalue weighted by atomic mass is 10.1. The van der Waals surface area contributed by atoms with Crippen LogP contribution in [0.2, 0.25) is 0 Å². The van der Waals surface area contributed by atoms with Gasteiger partial charge in [0.05, 0.1) is 34.5 Å². The van der Waals surface area contributed by atoms with Crippen molar-refractivity contribution < 1.29 is 17.9 Å². The molecule has 192 valence electrons. The standard InChI is InChI=1S/C25H37N5O4S/c1-21(31)30-13-11-27(12-14-30)8-2-9-28-17-23-19-29(20-24(18-28)34-23)10-3-15-35(32,33)25-6-4-22(16-26)5-7-25/h4-7,23-24H,2-3,8-15,17-20H2,1H3. The number of rotatable bonds is 9. The first-order valence-electron chi connectivity index (χ1n) is 12.6. The van der Waals surface area contributed by atoms with Crippen molar-refractivity contribution in [3.8, 4) is 6.07 Å². The van der Waals surface area contributed by atoms with Gasteiger partial charge in [0.1, 0.15) is 0 Å². The van der Waals surface area contributed by atoms with Crippen LogP contribution in [-0.4, -0.2) is 124 Å². The molecule has 0 spiro atoms. The summed E-state index contributed by atoms with van der Waals surface area (Å²) in [7, 11) is -3.34. The molecular formula is C25H37N5O4S. The summed E-state index contributed by atoms with van der Waals surface area (Å²) in [4.78, 5) is 21.0. The van der Waals surface area contributed by atoms with Crippen LogP contribution in [0.3, 0.4) is 0 Å². The van der Waals surface area contributed by atoms with Crippen LogP contribution in [0.25, 0.3) is 0 Å². The van der Waals surface area contributed by atoms with E-state index in [4.69, 9.17) is 10.00 Å². The van der Waals surface area contributed by atoms with Crippen molar-refractivity contribution in [3.05, 3.63) is 29.8 Å². The topological polar surface area (TPSA) is 97.2 Å². The maximum absolute atomic E-state index is 12.6. The summed E-state index contributed by atoms with van der Waals surface area (Å²) in [6, 6.07) is 8.16. The number of piperazine rings is 1. The quantitative estimate of drug-likeness (QED) is 0.485. The van der Waals surface area contributed by atoms with Crippen LogP contribution >= 0.6 is 0 Å². The maximum Gasteiger partial charge on any atom is 0.219 e. The molecule has 0 N–H and O–H groups in total. The predicted molar refractivity (Wildman–Crippen MR) is 133 cm³/mol. The number of carbonyl (C=O) groups is 1. The number of nitriles is 1. The zero-order valence-electron chi connectivity index (χ0n) is 20.6. The number of fused-ring (bicyclic) bond motifs is 2. The molecule has 2 atom stereocenters. The van der Waals surface area contributed by atoms with Crippen LogP contribution in [0.1, 0.15) is 25.3 Å². The Hall–Kier alpha value is -2.03. The van der Waals surface area contributed by atoms with Gasteiger partial charge in [-0.15, -0.1) is 0 Å². The lowest BCUT2D eigenvalue weighted by Gasteiger charge is -2.46. The first kappa shape index (κ1) is 26.0. The van der Waals surface area contributed by atoms with E-state index in [1.54, 1.807) is 19.1 Å². The number of morpholine rings is 2. The van der Waals surface area contributed by atoms with E-state index in [0.29, 0.717) is 12.0 Å². The zero-order chi connectivity index (χ0) is 24.8. The molecule has 2 unspecified atom stereocenters. The minimum atomic E-state index is -3.34. The highest BCUT2D eigenvalue weighted by Crippen LogP contribution is 2.20. The Kier molecular flexibility index (Phi) is 8.78. The van der Waals surface area contributed by atoms with Crippen LogP contribution in [0.5, 0.6) is 0 Å². The summed E-state index contributed by atoms with van der Waals surface area (Å²) in [5.74, 6) is 0.282. The van der Waals surface area contributed by atoms with E-state index >= 15 is 0 Å². The molecule has 0 aromatic heterocycles. The van der Waals surface area contributed by atoms with Crippen LogP contribution in [0, 0.1) is 11.3 Å². The number of sulfone groups is 1. The fraction of sp³-hybridized carbons (Fsp3) is 0.680. The molecular weight excluding hydrogens is 466 g/mol. The molecule has 1 amide bonds. The predicted octanol–water partition coefficient (Wildman–Crippen LogP) is 0.661. The largest absolute Gasteiger partial charge is 0.370 e. The molecule has 9 nitrogen and oxygen atoms in total. The number of hydrogen-bond acceptors (Lipinski definition) is 8. The van der Waals surface area contributed by atoms with Gasteiger partial charge in [-0.3, -0.25) is 19.5 Å². The van der Waals surface area contributed by atoms with Gasteiger partial charge in [0.2, 0.25) is 5.91 Å². The van der Waals surface area contributed by atoms with Crippen molar-refractivity contribution in [2.75, 3.05) is 77.7 Å². The third kappa shape index (κ3) is 7.24. The van der Waals surface area contributed by atoms with E-state index in [2.05, 4.69) is 14.7 Å². The van der Waals surface area contributed by atoms with E-state index in [9.17, 15) is 13.2 Å². The van der Waals surface area contributed by atoms with Gasteiger partial charge in [-0.1, -0.05) is 0 Å². The fourth-order valence-corrected chi connectivity index (χ4v) is 6.66. The van der Waals surface area contributed by atoms with Gasteiger partial charge in [-0.25, -0.2) is 8.42 Å². The molecule has 0 radical (unpaired) electrons. The average molecular weight is 504 g/mol. The van der Waals surface area contributed by atoms with Crippen LogP contribution in [-0.2, 0) is 19.4 Å². The molecule has 4 rings (SSSR count). The first-order chi connectivity index (χ1) is 16.8. The van der Waals surface area contributed by atoms with Gasteiger partial charge in [-0.2, -0.15) is 5.26 Å². The zero-order valence-corrected chi connectivity index (χ0v) is 21.5. The van der Waals surface area contributed by atoms with Crippen molar-refractivity contribution >= 4 is 15.7 Å². The van der Waals surface area contributed by atoms with Crippen molar-refractivity contribution in [2.45, 2.75) is 36.9 Å². The van der Waals surface area contributed by atoms with Crippen LogP contribution in [0.15, 0.2) is 29.2 Å². The fourth-order valence-electron chi connectivity index (χ4n) is 5.36. The number of carbonyl (C=O) groups excluding carboxylic acids is 1. The highest BCUT2D eigenvalue weighted by atomic mass is 32.2. The maximum atomic E-state index is 12.6. The second-order valence-electron chi connectivity index (χ2n) is 9.91. The summed E-state index contributed by atoms with van der Waals surface area (Å²) < 4.78 is 31.4. The first-order valence-corrected chi connectivity index (χ1v) is 14.3. The van der Waals surface area contributed by atoms with E-state index < -0.39 is 9.84 Å². The Morgan fingerprint density at radius 2 is 1.46 bits per heavy atom. The lowest BCUT2D eigenvalue weighted by Crippen LogP contribution is -2.59. The number of benzene rings is 1. The summed E-state index contributed by atoms with van der Waals surface area (Å²) >= 11 is 0. The highest BCUT2D eigenvalue weighted by Gasteiger charge is 2.34. The van der Waals surface area contributed by atoms with Gasteiger partial charge in [-0.05, 0) is 56.7 Å². The molecule has 3 saturated heterocycles. The van der Waals surface area contributed by atoms with E-state index in [0.717, 1.165) is 78.4 Å². The molecule has 3 aliphatic heterocycles. The molecule has 0 aliphatic carbocycles. The van der Waals surface area contributed by atoms with Gasteiger partial charge in [0.25, 0.3) is 0 Å². The van der Waals surface area contributed by atoms with Crippen molar-refractivity contribution in [1.82, 2.24) is 19.6 Å². The number of hydrogen-bond donors (Lipinski definition) is 0. The van der Waals surface area contributed by atoms with E-state index in [-0.39, 0.29) is 28.8 Å². The Bertz CT molecular complexity index is 988. The number of amides is 1. The van der Waals surface area contributed by atoms with Crippen molar-refractivity contribution in [3.63, 3.8) is 0 Å². The van der Waals surface area contributed by atoms with Gasteiger partial charge in [0, 0.05) is 59.3 Å². The molecule has 3 aliphatic rings. The second-order valence-corrected chi connectivity index (χ2v) is 12.0. The van der Waals surface area contributed by atoms with Crippen LogP contribution < -0.4 is 0 Å².